The van der Waals surface area contributed by atoms with Crippen molar-refractivity contribution in [1.29, 1.82) is 0 Å². The van der Waals surface area contributed by atoms with Crippen molar-refractivity contribution in [2.24, 2.45) is 0 Å². The maximum atomic E-state index is 13.1. The first-order valence-corrected chi connectivity index (χ1v) is 9.01. The summed E-state index contributed by atoms with van der Waals surface area (Å²) in [4.78, 5) is 19.7. The van der Waals surface area contributed by atoms with Crippen LogP contribution in [-0.2, 0) is 13.0 Å². The molecule has 132 valence electrons. The van der Waals surface area contributed by atoms with E-state index in [-0.39, 0.29) is 5.91 Å². The molecule has 3 aromatic rings. The van der Waals surface area contributed by atoms with Crippen LogP contribution >= 0.6 is 0 Å². The predicted molar refractivity (Wildman–Crippen MR) is 92.9 cm³/mol. The van der Waals surface area contributed by atoms with Crippen molar-refractivity contribution in [2.75, 3.05) is 6.54 Å². The van der Waals surface area contributed by atoms with E-state index in [1.165, 1.54) is 6.42 Å². The van der Waals surface area contributed by atoms with E-state index in [4.69, 9.17) is 4.42 Å². The van der Waals surface area contributed by atoms with Gasteiger partial charge in [0.1, 0.15) is 24.1 Å². The molecule has 26 heavy (non-hydrogen) atoms. The minimum absolute atomic E-state index is 0.00635. The molecule has 2 aromatic heterocycles. The van der Waals surface area contributed by atoms with Gasteiger partial charge < -0.3 is 9.32 Å². The lowest BCUT2D eigenvalue weighted by molar-refractivity contribution is 0.0728. The largest absolute Gasteiger partial charge is 0.445 e. The zero-order valence-electron chi connectivity index (χ0n) is 14.3. The molecule has 1 saturated carbocycles. The number of amides is 1. The van der Waals surface area contributed by atoms with Crippen LogP contribution in [-0.4, -0.2) is 37.1 Å². The van der Waals surface area contributed by atoms with Gasteiger partial charge in [-0.15, -0.1) is 10.2 Å². The van der Waals surface area contributed by atoms with Crippen molar-refractivity contribution in [1.82, 2.24) is 24.6 Å². The third-order valence-corrected chi connectivity index (χ3v) is 5.32. The Labute approximate surface area is 150 Å². The summed E-state index contributed by atoms with van der Waals surface area (Å²) in [6.45, 7) is 1.14. The molecule has 7 nitrogen and oxygen atoms in total. The molecule has 1 aromatic carbocycles. The molecular formula is C19H19N5O2. The van der Waals surface area contributed by atoms with Gasteiger partial charge in [-0.25, -0.2) is 4.98 Å². The molecule has 0 N–H and O–H groups in total. The second-order valence-electron chi connectivity index (χ2n) is 6.91. The number of carbonyl (C=O) groups excluding carboxylic acids is 1. The van der Waals surface area contributed by atoms with Crippen LogP contribution in [0.15, 0.2) is 41.3 Å². The number of oxazole rings is 1. The Bertz CT molecular complexity index is 943. The van der Waals surface area contributed by atoms with E-state index < -0.39 is 0 Å². The molecule has 0 spiro atoms. The summed E-state index contributed by atoms with van der Waals surface area (Å²) in [5, 5.41) is 7.68. The van der Waals surface area contributed by atoms with Crippen LogP contribution in [0.25, 0.3) is 5.69 Å². The van der Waals surface area contributed by atoms with Gasteiger partial charge in [0.2, 0.25) is 0 Å². The van der Waals surface area contributed by atoms with Crippen molar-refractivity contribution in [3.8, 4) is 5.69 Å². The standard InChI is InChI=1S/C19H19N5O2/c25-19(14-6-1-2-7-16(14)24-11-20-21-12-24)23-9-8-17-15(10-23)22-18(26-17)13-4-3-5-13/h1-2,6-7,11-13H,3-5,8-10H2. The summed E-state index contributed by atoms with van der Waals surface area (Å²) in [5.41, 5.74) is 2.33. The van der Waals surface area contributed by atoms with E-state index in [0.717, 1.165) is 42.3 Å². The molecule has 1 fully saturated rings. The van der Waals surface area contributed by atoms with Gasteiger partial charge in [-0.05, 0) is 25.0 Å². The molecule has 7 heteroatoms. The van der Waals surface area contributed by atoms with Gasteiger partial charge in [0, 0.05) is 18.9 Å². The van der Waals surface area contributed by atoms with Gasteiger partial charge >= 0.3 is 0 Å². The summed E-state index contributed by atoms with van der Waals surface area (Å²) >= 11 is 0. The second kappa shape index (κ2) is 6.09. The highest BCUT2D eigenvalue weighted by atomic mass is 16.4. The number of aromatic nitrogens is 4. The minimum Gasteiger partial charge on any atom is -0.445 e. The quantitative estimate of drug-likeness (QED) is 0.726. The zero-order chi connectivity index (χ0) is 17.5. The van der Waals surface area contributed by atoms with Gasteiger partial charge in [0.15, 0.2) is 5.89 Å². The van der Waals surface area contributed by atoms with E-state index in [1.807, 2.05) is 29.2 Å². The van der Waals surface area contributed by atoms with Crippen LogP contribution in [0.5, 0.6) is 0 Å². The number of fused-ring (bicyclic) bond motifs is 1. The van der Waals surface area contributed by atoms with Crippen molar-refractivity contribution in [2.45, 2.75) is 38.1 Å². The zero-order valence-corrected chi connectivity index (χ0v) is 14.3. The topological polar surface area (TPSA) is 77.0 Å². The Balaban J connectivity index is 1.41. The van der Waals surface area contributed by atoms with Crippen molar-refractivity contribution >= 4 is 5.91 Å². The van der Waals surface area contributed by atoms with E-state index >= 15 is 0 Å². The highest BCUT2D eigenvalue weighted by Crippen LogP contribution is 2.37. The summed E-state index contributed by atoms with van der Waals surface area (Å²) < 4.78 is 7.71. The molecule has 0 radical (unpaired) electrons. The highest BCUT2D eigenvalue weighted by Gasteiger charge is 2.31. The molecule has 3 heterocycles. The molecule has 0 unspecified atom stereocenters. The summed E-state index contributed by atoms with van der Waals surface area (Å²) in [6.07, 6.45) is 7.49. The number of benzene rings is 1. The Morgan fingerprint density at radius 2 is 1.96 bits per heavy atom. The van der Waals surface area contributed by atoms with Gasteiger partial charge in [-0.2, -0.15) is 0 Å². The van der Waals surface area contributed by atoms with Crippen LogP contribution in [0, 0.1) is 0 Å². The third-order valence-electron chi connectivity index (χ3n) is 5.32. The lowest BCUT2D eigenvalue weighted by atomic mass is 9.85. The molecule has 0 bridgehead atoms. The van der Waals surface area contributed by atoms with Crippen molar-refractivity contribution < 1.29 is 9.21 Å². The average molecular weight is 349 g/mol. The first kappa shape index (κ1) is 15.3. The number of hydrogen-bond donors (Lipinski definition) is 0. The van der Waals surface area contributed by atoms with Gasteiger partial charge in [0.05, 0.1) is 17.8 Å². The Kier molecular flexibility index (Phi) is 3.58. The first-order valence-electron chi connectivity index (χ1n) is 9.01. The Morgan fingerprint density at radius 3 is 2.73 bits per heavy atom. The van der Waals surface area contributed by atoms with Gasteiger partial charge in [-0.1, -0.05) is 18.6 Å². The Morgan fingerprint density at radius 1 is 1.15 bits per heavy atom. The molecule has 2 aliphatic rings. The molecule has 5 rings (SSSR count). The number of para-hydroxylation sites is 1. The SMILES string of the molecule is O=C(c1ccccc1-n1cnnc1)N1CCc2oc(C3CCC3)nc2C1. The van der Waals surface area contributed by atoms with Crippen LogP contribution in [0.1, 0.15) is 52.9 Å². The predicted octanol–water partition coefficient (Wildman–Crippen LogP) is 2.72. The molecule has 1 amide bonds. The lowest BCUT2D eigenvalue weighted by Crippen LogP contribution is -2.36. The molecule has 1 aliphatic heterocycles. The number of nitrogens with zero attached hydrogens (tertiary/aromatic N) is 5. The normalized spacial score (nSPS) is 17.0. The van der Waals surface area contributed by atoms with E-state index in [0.29, 0.717) is 24.6 Å². The van der Waals surface area contributed by atoms with E-state index in [1.54, 1.807) is 17.2 Å². The second-order valence-corrected chi connectivity index (χ2v) is 6.91. The van der Waals surface area contributed by atoms with Crippen LogP contribution < -0.4 is 0 Å². The lowest BCUT2D eigenvalue weighted by Gasteiger charge is -2.26. The fraction of sp³-hybridized carbons (Fsp3) is 0.368. The smallest absolute Gasteiger partial charge is 0.256 e. The number of rotatable bonds is 3. The third kappa shape index (κ3) is 2.51. The molecular weight excluding hydrogens is 330 g/mol. The van der Waals surface area contributed by atoms with Crippen molar-refractivity contribution in [3.63, 3.8) is 0 Å². The van der Waals surface area contributed by atoms with Crippen LogP contribution in [0.2, 0.25) is 0 Å². The van der Waals surface area contributed by atoms with Gasteiger partial charge in [0.25, 0.3) is 5.91 Å². The van der Waals surface area contributed by atoms with E-state index in [9.17, 15) is 4.79 Å². The molecule has 0 atom stereocenters. The first-order chi connectivity index (χ1) is 12.8. The number of hydrogen-bond acceptors (Lipinski definition) is 5. The maximum absolute atomic E-state index is 13.1. The summed E-state index contributed by atoms with van der Waals surface area (Å²) in [5.74, 6) is 2.27. The van der Waals surface area contributed by atoms with Crippen LogP contribution in [0.4, 0.5) is 0 Å². The van der Waals surface area contributed by atoms with E-state index in [2.05, 4.69) is 15.2 Å². The fourth-order valence-electron chi connectivity index (χ4n) is 3.60. The van der Waals surface area contributed by atoms with Crippen LogP contribution in [0.3, 0.4) is 0 Å². The fourth-order valence-corrected chi connectivity index (χ4v) is 3.60. The highest BCUT2D eigenvalue weighted by molar-refractivity contribution is 5.97. The summed E-state index contributed by atoms with van der Waals surface area (Å²) in [6, 6.07) is 7.52. The molecule has 1 aliphatic carbocycles. The Hall–Kier alpha value is -2.96. The van der Waals surface area contributed by atoms with Crippen molar-refractivity contribution in [3.05, 3.63) is 59.8 Å². The van der Waals surface area contributed by atoms with Gasteiger partial charge in [-0.3, -0.25) is 9.36 Å². The average Bonchev–Trinajstić information content (AvgIpc) is 3.28. The number of carbonyl (C=O) groups is 1. The molecule has 0 saturated heterocycles. The maximum Gasteiger partial charge on any atom is 0.256 e. The monoisotopic (exact) mass is 349 g/mol. The summed E-state index contributed by atoms with van der Waals surface area (Å²) in [7, 11) is 0. The minimum atomic E-state index is -0.00635.